The molecule has 0 aliphatic carbocycles. The minimum absolute atomic E-state index is 0.0623. The van der Waals surface area contributed by atoms with E-state index in [0.29, 0.717) is 28.2 Å². The van der Waals surface area contributed by atoms with E-state index in [9.17, 15) is 22.4 Å². The first-order valence-corrected chi connectivity index (χ1v) is 9.85. The summed E-state index contributed by atoms with van der Waals surface area (Å²) in [5.74, 6) is -1.46. The highest BCUT2D eigenvalue weighted by molar-refractivity contribution is 7.13. The van der Waals surface area contributed by atoms with Crippen molar-refractivity contribution in [2.75, 3.05) is 6.61 Å². The predicted molar refractivity (Wildman–Crippen MR) is 104 cm³/mol. The van der Waals surface area contributed by atoms with Crippen molar-refractivity contribution in [1.82, 2.24) is 4.98 Å². The maximum Gasteiger partial charge on any atom is 0.416 e. The molecule has 0 amide bonds. The Morgan fingerprint density at radius 3 is 2.47 bits per heavy atom. The van der Waals surface area contributed by atoms with Gasteiger partial charge in [0.05, 0.1) is 17.9 Å². The number of carboxylic acids is 1. The molecule has 2 aromatic carbocycles. The molecular formula is C21H17F4NO3S. The van der Waals surface area contributed by atoms with Gasteiger partial charge in [-0.2, -0.15) is 13.2 Å². The van der Waals surface area contributed by atoms with Gasteiger partial charge in [-0.05, 0) is 36.2 Å². The average molecular weight is 439 g/mol. The summed E-state index contributed by atoms with van der Waals surface area (Å²) in [7, 11) is 0. The minimum atomic E-state index is -4.38. The van der Waals surface area contributed by atoms with Crippen molar-refractivity contribution in [3.8, 4) is 16.3 Å². The second-order valence-electron chi connectivity index (χ2n) is 6.48. The molecule has 0 aliphatic rings. The van der Waals surface area contributed by atoms with Crippen molar-refractivity contribution >= 4 is 17.3 Å². The van der Waals surface area contributed by atoms with E-state index < -0.39 is 23.5 Å². The van der Waals surface area contributed by atoms with Gasteiger partial charge in [0.2, 0.25) is 0 Å². The summed E-state index contributed by atoms with van der Waals surface area (Å²) in [4.78, 5) is 15.0. The molecule has 0 unspecified atom stereocenters. The SMILES string of the molecule is O=C(O)CCc1ccc(OCCc2csc(-c3ccc(C(F)(F)F)cc3)n2)c(F)c1. The van der Waals surface area contributed by atoms with E-state index in [1.807, 2.05) is 0 Å². The van der Waals surface area contributed by atoms with E-state index in [4.69, 9.17) is 9.84 Å². The van der Waals surface area contributed by atoms with Crippen molar-refractivity contribution in [3.05, 3.63) is 70.5 Å². The molecule has 3 rings (SSSR count). The Balaban J connectivity index is 1.55. The monoisotopic (exact) mass is 439 g/mol. The average Bonchev–Trinajstić information content (AvgIpc) is 3.16. The molecule has 0 saturated heterocycles. The molecule has 1 aromatic heterocycles. The van der Waals surface area contributed by atoms with Gasteiger partial charge in [0.1, 0.15) is 5.01 Å². The topological polar surface area (TPSA) is 59.4 Å². The van der Waals surface area contributed by atoms with Crippen LogP contribution in [0.25, 0.3) is 10.6 Å². The van der Waals surface area contributed by atoms with Crippen molar-refractivity contribution in [2.45, 2.75) is 25.4 Å². The van der Waals surface area contributed by atoms with Gasteiger partial charge in [0, 0.05) is 23.8 Å². The Hall–Kier alpha value is -2.94. The number of alkyl halides is 3. The molecule has 0 fully saturated rings. The third-order valence-electron chi connectivity index (χ3n) is 4.25. The molecule has 3 aromatic rings. The lowest BCUT2D eigenvalue weighted by atomic mass is 10.1. The highest BCUT2D eigenvalue weighted by Gasteiger charge is 2.30. The number of carboxylic acid groups (broad SMARTS) is 1. The molecule has 0 atom stereocenters. The number of halogens is 4. The predicted octanol–water partition coefficient (Wildman–Crippen LogP) is 5.61. The number of hydrogen-bond acceptors (Lipinski definition) is 4. The number of benzene rings is 2. The fourth-order valence-electron chi connectivity index (χ4n) is 2.69. The highest BCUT2D eigenvalue weighted by atomic mass is 32.1. The minimum Gasteiger partial charge on any atom is -0.490 e. The maximum atomic E-state index is 14.1. The van der Waals surface area contributed by atoms with Crippen LogP contribution < -0.4 is 4.74 Å². The fourth-order valence-corrected chi connectivity index (χ4v) is 3.55. The van der Waals surface area contributed by atoms with Crippen molar-refractivity contribution in [1.29, 1.82) is 0 Å². The molecule has 30 heavy (non-hydrogen) atoms. The molecule has 0 bridgehead atoms. The summed E-state index contributed by atoms with van der Waals surface area (Å²) in [5, 5.41) is 11.0. The smallest absolute Gasteiger partial charge is 0.416 e. The van der Waals surface area contributed by atoms with Crippen LogP contribution in [0.5, 0.6) is 5.75 Å². The molecular weight excluding hydrogens is 422 g/mol. The second-order valence-corrected chi connectivity index (χ2v) is 7.33. The van der Waals surface area contributed by atoms with Gasteiger partial charge in [-0.3, -0.25) is 4.79 Å². The number of ether oxygens (including phenoxy) is 1. The number of thiazole rings is 1. The van der Waals surface area contributed by atoms with Crippen LogP contribution in [0.4, 0.5) is 17.6 Å². The van der Waals surface area contributed by atoms with E-state index in [1.54, 1.807) is 11.4 Å². The Bertz CT molecular complexity index is 1020. The number of aryl methyl sites for hydroxylation is 1. The van der Waals surface area contributed by atoms with Crippen LogP contribution in [0.15, 0.2) is 47.8 Å². The Labute approximate surface area is 173 Å². The second kappa shape index (κ2) is 9.25. The van der Waals surface area contributed by atoms with Gasteiger partial charge < -0.3 is 9.84 Å². The van der Waals surface area contributed by atoms with Crippen LogP contribution in [0.3, 0.4) is 0 Å². The number of carbonyl (C=O) groups is 1. The molecule has 0 spiro atoms. The van der Waals surface area contributed by atoms with E-state index in [2.05, 4.69) is 4.98 Å². The molecule has 9 heteroatoms. The van der Waals surface area contributed by atoms with Crippen molar-refractivity contribution in [2.24, 2.45) is 0 Å². The lowest BCUT2D eigenvalue weighted by Gasteiger charge is -2.08. The molecule has 0 radical (unpaired) electrons. The summed E-state index contributed by atoms with van der Waals surface area (Å²) in [6.45, 7) is 0.168. The zero-order chi connectivity index (χ0) is 21.7. The van der Waals surface area contributed by atoms with Gasteiger partial charge in [0.15, 0.2) is 11.6 Å². The summed E-state index contributed by atoms with van der Waals surface area (Å²) in [6.07, 6.45) is -3.83. The molecule has 0 aliphatic heterocycles. The summed E-state index contributed by atoms with van der Waals surface area (Å²) in [6, 6.07) is 9.12. The van der Waals surface area contributed by atoms with Crippen LogP contribution in [0.1, 0.15) is 23.2 Å². The third-order valence-corrected chi connectivity index (χ3v) is 5.19. The lowest BCUT2D eigenvalue weighted by molar-refractivity contribution is -0.138. The Kier molecular flexibility index (Phi) is 6.71. The quantitative estimate of drug-likeness (QED) is 0.464. The fraction of sp³-hybridized carbons (Fsp3) is 0.238. The summed E-state index contributed by atoms with van der Waals surface area (Å²) < 4.78 is 57.5. The number of aromatic nitrogens is 1. The number of nitrogens with zero attached hydrogens (tertiary/aromatic N) is 1. The van der Waals surface area contributed by atoms with Crippen LogP contribution in [-0.2, 0) is 23.8 Å². The zero-order valence-electron chi connectivity index (χ0n) is 15.6. The standard InChI is InChI=1S/C21H17F4NO3S/c22-17-11-13(2-8-19(27)28)1-7-18(17)29-10-9-16-12-30-20(26-16)14-3-5-15(6-4-14)21(23,24)25/h1,3-7,11-12H,2,8-10H2,(H,27,28). The summed E-state index contributed by atoms with van der Waals surface area (Å²) in [5.41, 5.74) is 1.13. The third kappa shape index (κ3) is 5.79. The molecule has 1 heterocycles. The number of aliphatic carboxylic acids is 1. The Morgan fingerprint density at radius 2 is 1.83 bits per heavy atom. The van der Waals surface area contributed by atoms with Gasteiger partial charge in [-0.25, -0.2) is 9.37 Å². The van der Waals surface area contributed by atoms with Crippen LogP contribution in [0.2, 0.25) is 0 Å². The maximum absolute atomic E-state index is 14.1. The first kappa shape index (κ1) is 21.8. The van der Waals surface area contributed by atoms with E-state index in [1.165, 1.54) is 35.6 Å². The lowest BCUT2D eigenvalue weighted by Crippen LogP contribution is -2.04. The molecule has 0 saturated carbocycles. The van der Waals surface area contributed by atoms with Crippen LogP contribution in [0, 0.1) is 5.82 Å². The van der Waals surface area contributed by atoms with E-state index in [0.717, 1.165) is 12.1 Å². The van der Waals surface area contributed by atoms with Gasteiger partial charge >= 0.3 is 12.1 Å². The molecule has 158 valence electrons. The first-order chi connectivity index (χ1) is 14.2. The normalized spacial score (nSPS) is 11.5. The van der Waals surface area contributed by atoms with E-state index >= 15 is 0 Å². The largest absolute Gasteiger partial charge is 0.490 e. The molecule has 4 nitrogen and oxygen atoms in total. The summed E-state index contributed by atoms with van der Waals surface area (Å²) >= 11 is 1.31. The van der Waals surface area contributed by atoms with Gasteiger partial charge in [-0.1, -0.05) is 18.2 Å². The highest BCUT2D eigenvalue weighted by Crippen LogP contribution is 2.31. The Morgan fingerprint density at radius 1 is 1.10 bits per heavy atom. The zero-order valence-corrected chi connectivity index (χ0v) is 16.4. The van der Waals surface area contributed by atoms with Gasteiger partial charge in [-0.15, -0.1) is 11.3 Å². The van der Waals surface area contributed by atoms with Crippen LogP contribution in [-0.4, -0.2) is 22.7 Å². The van der Waals surface area contributed by atoms with Crippen molar-refractivity contribution in [3.63, 3.8) is 0 Å². The number of rotatable bonds is 8. The first-order valence-electron chi connectivity index (χ1n) is 8.97. The van der Waals surface area contributed by atoms with Gasteiger partial charge in [0.25, 0.3) is 0 Å². The van der Waals surface area contributed by atoms with Crippen LogP contribution >= 0.6 is 11.3 Å². The van der Waals surface area contributed by atoms with Crippen molar-refractivity contribution < 1.29 is 32.2 Å². The number of hydrogen-bond donors (Lipinski definition) is 1. The molecule has 1 N–H and O–H groups in total. The van der Waals surface area contributed by atoms with E-state index in [-0.39, 0.29) is 25.2 Å².